The topological polar surface area (TPSA) is 3.24 Å². The van der Waals surface area contributed by atoms with Gasteiger partial charge in [-0.15, -0.1) is 0 Å². The standard InChI is InChI=1S/C29H51N/c1-5-7-8-9-10-11-12-13-14-15-16-17-18-19-23-26-29(3,4)30(6-2)27-28-24-21-20-22-25-28/h6,20-22,24-25H,2,5,7-19,23,26-27H2,1,3-4H3. The van der Waals surface area contributed by atoms with E-state index in [2.05, 4.69) is 62.6 Å². The molecular formula is C29H51N. The molecule has 0 unspecified atom stereocenters. The molecule has 0 amide bonds. The van der Waals surface area contributed by atoms with Crippen LogP contribution in [0.4, 0.5) is 0 Å². The van der Waals surface area contributed by atoms with Gasteiger partial charge in [-0.2, -0.15) is 0 Å². The van der Waals surface area contributed by atoms with Gasteiger partial charge in [-0.05, 0) is 32.0 Å². The molecule has 1 aromatic carbocycles. The maximum atomic E-state index is 4.07. The summed E-state index contributed by atoms with van der Waals surface area (Å²) in [5, 5.41) is 0. The molecule has 0 aliphatic carbocycles. The first-order valence-electron chi connectivity index (χ1n) is 13.0. The minimum Gasteiger partial charge on any atom is -0.369 e. The molecule has 1 nitrogen and oxygen atoms in total. The second-order valence-corrected chi connectivity index (χ2v) is 9.81. The zero-order chi connectivity index (χ0) is 21.9. The highest BCUT2D eigenvalue weighted by molar-refractivity contribution is 5.15. The normalized spacial score (nSPS) is 11.6. The van der Waals surface area contributed by atoms with Crippen molar-refractivity contribution >= 4 is 0 Å². The largest absolute Gasteiger partial charge is 0.369 e. The van der Waals surface area contributed by atoms with Gasteiger partial charge in [0.05, 0.1) is 0 Å². The molecule has 0 saturated heterocycles. The predicted octanol–water partition coefficient (Wildman–Crippen LogP) is 9.67. The van der Waals surface area contributed by atoms with Crippen molar-refractivity contribution < 1.29 is 0 Å². The molecule has 1 heteroatoms. The SMILES string of the molecule is C=CN(Cc1ccccc1)C(C)(C)CCCCCCCCCCCCCCCCC. The van der Waals surface area contributed by atoms with Gasteiger partial charge in [-0.25, -0.2) is 0 Å². The van der Waals surface area contributed by atoms with Crippen LogP contribution in [0.25, 0.3) is 0 Å². The maximum Gasteiger partial charge on any atom is 0.0429 e. The van der Waals surface area contributed by atoms with Gasteiger partial charge in [0.2, 0.25) is 0 Å². The van der Waals surface area contributed by atoms with Gasteiger partial charge in [0.1, 0.15) is 0 Å². The molecule has 1 aromatic rings. The van der Waals surface area contributed by atoms with E-state index in [1.54, 1.807) is 0 Å². The Labute approximate surface area is 189 Å². The highest BCUT2D eigenvalue weighted by atomic mass is 15.2. The summed E-state index contributed by atoms with van der Waals surface area (Å²) in [6, 6.07) is 10.7. The molecule has 0 N–H and O–H groups in total. The van der Waals surface area contributed by atoms with E-state index in [1.165, 1.54) is 108 Å². The van der Waals surface area contributed by atoms with E-state index in [0.717, 1.165) is 6.54 Å². The van der Waals surface area contributed by atoms with Crippen molar-refractivity contribution in [3.05, 3.63) is 48.7 Å². The minimum absolute atomic E-state index is 0.175. The number of benzene rings is 1. The van der Waals surface area contributed by atoms with E-state index in [0.29, 0.717) is 0 Å². The van der Waals surface area contributed by atoms with Gasteiger partial charge in [0.25, 0.3) is 0 Å². The summed E-state index contributed by atoms with van der Waals surface area (Å²) in [5.74, 6) is 0. The quantitative estimate of drug-likeness (QED) is 0.192. The van der Waals surface area contributed by atoms with Crippen molar-refractivity contribution in [2.75, 3.05) is 0 Å². The third kappa shape index (κ3) is 13.1. The van der Waals surface area contributed by atoms with E-state index in [4.69, 9.17) is 0 Å². The molecule has 0 radical (unpaired) electrons. The Morgan fingerprint density at radius 2 is 1.13 bits per heavy atom. The van der Waals surface area contributed by atoms with Crippen LogP contribution in [0.3, 0.4) is 0 Å². The lowest BCUT2D eigenvalue weighted by atomic mass is 9.93. The van der Waals surface area contributed by atoms with Crippen molar-refractivity contribution in [2.24, 2.45) is 0 Å². The molecule has 0 aliphatic rings. The Morgan fingerprint density at radius 3 is 1.57 bits per heavy atom. The van der Waals surface area contributed by atoms with Crippen LogP contribution in [-0.2, 0) is 6.54 Å². The summed E-state index contributed by atoms with van der Waals surface area (Å²) in [6.45, 7) is 12.0. The maximum absolute atomic E-state index is 4.07. The third-order valence-electron chi connectivity index (χ3n) is 6.59. The number of rotatable bonds is 20. The van der Waals surface area contributed by atoms with Gasteiger partial charge in [0, 0.05) is 12.1 Å². The van der Waals surface area contributed by atoms with E-state index in [-0.39, 0.29) is 5.54 Å². The summed E-state index contributed by atoms with van der Waals surface area (Å²) in [7, 11) is 0. The van der Waals surface area contributed by atoms with Crippen molar-refractivity contribution in [1.82, 2.24) is 4.90 Å². The predicted molar refractivity (Wildman–Crippen MR) is 136 cm³/mol. The van der Waals surface area contributed by atoms with E-state index in [1.807, 2.05) is 6.20 Å². The Balaban J connectivity index is 1.99. The van der Waals surface area contributed by atoms with E-state index < -0.39 is 0 Å². The van der Waals surface area contributed by atoms with Crippen LogP contribution >= 0.6 is 0 Å². The highest BCUT2D eigenvalue weighted by Gasteiger charge is 2.23. The van der Waals surface area contributed by atoms with Crippen LogP contribution in [0.1, 0.15) is 129 Å². The summed E-state index contributed by atoms with van der Waals surface area (Å²) in [4.78, 5) is 2.41. The molecule has 0 aromatic heterocycles. The van der Waals surface area contributed by atoms with Crippen molar-refractivity contribution in [1.29, 1.82) is 0 Å². The molecule has 0 fully saturated rings. The Kier molecular flexibility index (Phi) is 15.6. The fourth-order valence-corrected chi connectivity index (χ4v) is 4.38. The van der Waals surface area contributed by atoms with Gasteiger partial charge in [-0.3, -0.25) is 0 Å². The first kappa shape index (κ1) is 26.8. The summed E-state index contributed by atoms with van der Waals surface area (Å²) in [6.07, 6.45) is 24.7. The lowest BCUT2D eigenvalue weighted by molar-refractivity contribution is 0.160. The first-order valence-corrected chi connectivity index (χ1v) is 13.0. The Bertz CT molecular complexity index is 504. The average molecular weight is 414 g/mol. The zero-order valence-electron chi connectivity index (χ0n) is 20.6. The number of hydrogen-bond acceptors (Lipinski definition) is 1. The third-order valence-corrected chi connectivity index (χ3v) is 6.59. The molecule has 30 heavy (non-hydrogen) atoms. The van der Waals surface area contributed by atoms with Crippen LogP contribution < -0.4 is 0 Å². The van der Waals surface area contributed by atoms with E-state index >= 15 is 0 Å². The molecule has 1 rings (SSSR count). The molecule has 0 atom stereocenters. The van der Waals surface area contributed by atoms with Crippen LogP contribution in [0.5, 0.6) is 0 Å². The van der Waals surface area contributed by atoms with Gasteiger partial charge < -0.3 is 4.90 Å². The molecule has 0 saturated carbocycles. The summed E-state index contributed by atoms with van der Waals surface area (Å²) < 4.78 is 0. The first-order chi connectivity index (χ1) is 14.6. The minimum atomic E-state index is 0.175. The summed E-state index contributed by atoms with van der Waals surface area (Å²) >= 11 is 0. The van der Waals surface area contributed by atoms with Gasteiger partial charge >= 0.3 is 0 Å². The molecule has 0 spiro atoms. The second-order valence-electron chi connectivity index (χ2n) is 9.81. The van der Waals surface area contributed by atoms with Crippen LogP contribution in [-0.4, -0.2) is 10.4 Å². The fourth-order valence-electron chi connectivity index (χ4n) is 4.38. The second kappa shape index (κ2) is 17.4. The Morgan fingerprint density at radius 1 is 0.700 bits per heavy atom. The van der Waals surface area contributed by atoms with Crippen LogP contribution in [0.2, 0.25) is 0 Å². The summed E-state index contributed by atoms with van der Waals surface area (Å²) in [5.41, 5.74) is 1.54. The number of nitrogens with zero attached hydrogens (tertiary/aromatic N) is 1. The number of unbranched alkanes of at least 4 members (excludes halogenated alkanes) is 14. The average Bonchev–Trinajstić information content (AvgIpc) is 2.75. The van der Waals surface area contributed by atoms with Crippen molar-refractivity contribution in [3.8, 4) is 0 Å². The molecule has 0 heterocycles. The smallest absolute Gasteiger partial charge is 0.0429 e. The molecule has 172 valence electrons. The van der Waals surface area contributed by atoms with Crippen molar-refractivity contribution in [3.63, 3.8) is 0 Å². The number of hydrogen-bond donors (Lipinski definition) is 0. The lowest BCUT2D eigenvalue weighted by Gasteiger charge is -2.38. The van der Waals surface area contributed by atoms with Gasteiger partial charge in [-0.1, -0.05) is 140 Å². The van der Waals surface area contributed by atoms with Gasteiger partial charge in [0.15, 0.2) is 0 Å². The highest BCUT2D eigenvalue weighted by Crippen LogP contribution is 2.25. The van der Waals surface area contributed by atoms with Crippen molar-refractivity contribution in [2.45, 2.75) is 136 Å². The Hall–Kier alpha value is -1.24. The van der Waals surface area contributed by atoms with Crippen LogP contribution in [0.15, 0.2) is 43.1 Å². The molecule has 0 aliphatic heterocycles. The molecular weight excluding hydrogens is 362 g/mol. The monoisotopic (exact) mass is 413 g/mol. The molecule has 0 bridgehead atoms. The van der Waals surface area contributed by atoms with Crippen LogP contribution in [0, 0.1) is 0 Å². The fraction of sp³-hybridized carbons (Fsp3) is 0.724. The zero-order valence-corrected chi connectivity index (χ0v) is 20.6. The van der Waals surface area contributed by atoms with E-state index in [9.17, 15) is 0 Å². The lowest BCUT2D eigenvalue weighted by Crippen LogP contribution is -2.39.